The zero-order chi connectivity index (χ0) is 14.9. The van der Waals surface area contributed by atoms with E-state index in [0.29, 0.717) is 5.56 Å². The van der Waals surface area contributed by atoms with E-state index in [2.05, 4.69) is 9.97 Å². The Morgan fingerprint density at radius 2 is 1.55 bits per heavy atom. The van der Waals surface area contributed by atoms with Gasteiger partial charge in [0.15, 0.2) is 0 Å². The fraction of sp³-hybridized carbons (Fsp3) is 0.0556. The van der Waals surface area contributed by atoms with Crippen molar-refractivity contribution < 1.29 is 9.53 Å². The van der Waals surface area contributed by atoms with Gasteiger partial charge in [-0.1, -0.05) is 18.2 Å². The monoisotopic (exact) mass is 290 g/mol. The smallest absolute Gasteiger partial charge is 0.338 e. The van der Waals surface area contributed by atoms with E-state index < -0.39 is 0 Å². The molecule has 22 heavy (non-hydrogen) atoms. The summed E-state index contributed by atoms with van der Waals surface area (Å²) in [6.07, 6.45) is 3.75. The minimum atomic E-state index is -0.317. The summed E-state index contributed by atoms with van der Waals surface area (Å²) in [5, 5.41) is 2.22. The average molecular weight is 290 g/mol. The van der Waals surface area contributed by atoms with E-state index in [0.717, 1.165) is 27.4 Å². The lowest BCUT2D eigenvalue weighted by molar-refractivity contribution is 0.0473. The van der Waals surface area contributed by atoms with Crippen molar-refractivity contribution in [1.82, 2.24) is 9.97 Å². The van der Waals surface area contributed by atoms with E-state index in [1.807, 2.05) is 54.9 Å². The first-order valence-electron chi connectivity index (χ1n) is 7.10. The number of aromatic nitrogens is 2. The Morgan fingerprint density at radius 1 is 0.864 bits per heavy atom. The SMILES string of the molecule is O=C(OCc1ccc2cc[nH]c2c1)c1ccc2cc[nH]c2c1. The normalized spacial score (nSPS) is 11.1. The Labute approximate surface area is 126 Å². The molecule has 0 saturated heterocycles. The molecule has 0 aliphatic carbocycles. The van der Waals surface area contributed by atoms with Gasteiger partial charge in [0.05, 0.1) is 5.56 Å². The first-order valence-corrected chi connectivity index (χ1v) is 7.10. The molecule has 0 atom stereocenters. The molecule has 0 fully saturated rings. The molecule has 0 bridgehead atoms. The number of rotatable bonds is 3. The maximum absolute atomic E-state index is 12.2. The van der Waals surface area contributed by atoms with E-state index in [9.17, 15) is 4.79 Å². The third kappa shape index (κ3) is 2.24. The van der Waals surface area contributed by atoms with Crippen molar-refractivity contribution in [2.24, 2.45) is 0 Å². The molecule has 4 heteroatoms. The second-order valence-electron chi connectivity index (χ2n) is 5.26. The average Bonchev–Trinajstić information content (AvgIpc) is 3.19. The van der Waals surface area contributed by atoms with Crippen LogP contribution in [0, 0.1) is 0 Å². The van der Waals surface area contributed by atoms with Crippen molar-refractivity contribution in [3.05, 3.63) is 72.1 Å². The molecule has 0 aliphatic rings. The van der Waals surface area contributed by atoms with Gasteiger partial charge in [-0.15, -0.1) is 0 Å². The first-order chi connectivity index (χ1) is 10.8. The summed E-state index contributed by atoms with van der Waals surface area (Å²) >= 11 is 0. The molecule has 2 aromatic heterocycles. The number of nitrogens with one attached hydrogen (secondary N) is 2. The van der Waals surface area contributed by atoms with Crippen molar-refractivity contribution in [2.75, 3.05) is 0 Å². The molecule has 2 N–H and O–H groups in total. The van der Waals surface area contributed by atoms with Crippen LogP contribution in [0.2, 0.25) is 0 Å². The molecule has 2 heterocycles. The number of fused-ring (bicyclic) bond motifs is 2. The minimum Gasteiger partial charge on any atom is -0.457 e. The van der Waals surface area contributed by atoms with E-state index in [1.165, 1.54) is 0 Å². The zero-order valence-electron chi connectivity index (χ0n) is 11.8. The third-order valence-corrected chi connectivity index (χ3v) is 3.78. The third-order valence-electron chi connectivity index (χ3n) is 3.78. The molecule has 0 amide bonds. The van der Waals surface area contributed by atoms with Crippen molar-refractivity contribution in [3.8, 4) is 0 Å². The second kappa shape index (κ2) is 5.07. The molecular formula is C18H14N2O2. The highest BCUT2D eigenvalue weighted by molar-refractivity contribution is 5.94. The van der Waals surface area contributed by atoms with Crippen LogP contribution in [-0.4, -0.2) is 15.9 Å². The fourth-order valence-corrected chi connectivity index (χ4v) is 2.59. The van der Waals surface area contributed by atoms with Crippen LogP contribution in [0.1, 0.15) is 15.9 Å². The maximum atomic E-state index is 12.2. The molecule has 0 radical (unpaired) electrons. The Balaban J connectivity index is 1.51. The summed E-state index contributed by atoms with van der Waals surface area (Å²) in [6, 6.07) is 15.5. The Morgan fingerprint density at radius 3 is 2.32 bits per heavy atom. The van der Waals surface area contributed by atoms with Crippen LogP contribution in [0.15, 0.2) is 60.9 Å². The quantitative estimate of drug-likeness (QED) is 0.560. The van der Waals surface area contributed by atoms with E-state index in [-0.39, 0.29) is 12.6 Å². The van der Waals surface area contributed by atoms with Gasteiger partial charge in [-0.25, -0.2) is 4.79 Å². The summed E-state index contributed by atoms with van der Waals surface area (Å²) in [7, 11) is 0. The van der Waals surface area contributed by atoms with Gasteiger partial charge in [0.2, 0.25) is 0 Å². The highest BCUT2D eigenvalue weighted by atomic mass is 16.5. The van der Waals surface area contributed by atoms with Crippen molar-refractivity contribution in [1.29, 1.82) is 0 Å². The number of carbonyl (C=O) groups is 1. The first kappa shape index (κ1) is 12.7. The van der Waals surface area contributed by atoms with Crippen LogP contribution in [0.4, 0.5) is 0 Å². The van der Waals surface area contributed by atoms with Gasteiger partial charge in [-0.05, 0) is 46.7 Å². The molecular weight excluding hydrogens is 276 g/mol. The van der Waals surface area contributed by atoms with Gasteiger partial charge in [-0.2, -0.15) is 0 Å². The van der Waals surface area contributed by atoms with E-state index in [4.69, 9.17) is 4.74 Å². The highest BCUT2D eigenvalue weighted by Gasteiger charge is 2.09. The number of hydrogen-bond donors (Lipinski definition) is 2. The molecule has 4 nitrogen and oxygen atoms in total. The largest absolute Gasteiger partial charge is 0.457 e. The zero-order valence-corrected chi connectivity index (χ0v) is 11.8. The van der Waals surface area contributed by atoms with Crippen molar-refractivity contribution >= 4 is 27.8 Å². The fourth-order valence-electron chi connectivity index (χ4n) is 2.59. The summed E-state index contributed by atoms with van der Waals surface area (Å²) in [6.45, 7) is 0.260. The molecule has 4 rings (SSSR count). The van der Waals surface area contributed by atoms with Crippen LogP contribution in [0.3, 0.4) is 0 Å². The topological polar surface area (TPSA) is 57.9 Å². The Bertz CT molecular complexity index is 965. The van der Waals surface area contributed by atoms with Crippen LogP contribution in [0.5, 0.6) is 0 Å². The van der Waals surface area contributed by atoms with Crippen LogP contribution in [-0.2, 0) is 11.3 Å². The molecule has 0 saturated carbocycles. The molecule has 4 aromatic rings. The lowest BCUT2D eigenvalue weighted by Crippen LogP contribution is -2.05. The second-order valence-corrected chi connectivity index (χ2v) is 5.26. The number of H-pyrrole nitrogens is 2. The minimum absolute atomic E-state index is 0.260. The molecule has 0 spiro atoms. The number of aromatic amines is 2. The standard InChI is InChI=1S/C18H14N2O2/c21-18(15-4-3-14-6-8-20-17(14)10-15)22-11-12-1-2-13-5-7-19-16(13)9-12/h1-10,19-20H,11H2. The predicted octanol–water partition coefficient (Wildman–Crippen LogP) is 4.01. The summed E-state index contributed by atoms with van der Waals surface area (Å²) in [5.74, 6) is -0.317. The van der Waals surface area contributed by atoms with Crippen molar-refractivity contribution in [3.63, 3.8) is 0 Å². The number of benzene rings is 2. The predicted molar refractivity (Wildman–Crippen MR) is 85.7 cm³/mol. The Kier molecular flexibility index (Phi) is 2.93. The molecule has 2 aromatic carbocycles. The molecule has 0 aliphatic heterocycles. The van der Waals surface area contributed by atoms with E-state index >= 15 is 0 Å². The number of hydrogen-bond acceptors (Lipinski definition) is 2. The molecule has 0 unspecified atom stereocenters. The van der Waals surface area contributed by atoms with Crippen LogP contribution in [0.25, 0.3) is 21.8 Å². The van der Waals surface area contributed by atoms with Gasteiger partial charge in [0, 0.05) is 23.4 Å². The lowest BCUT2D eigenvalue weighted by atomic mass is 10.1. The van der Waals surface area contributed by atoms with Gasteiger partial charge in [-0.3, -0.25) is 0 Å². The Hall–Kier alpha value is -3.01. The van der Waals surface area contributed by atoms with Gasteiger partial charge < -0.3 is 14.7 Å². The summed E-state index contributed by atoms with van der Waals surface area (Å²) < 4.78 is 5.40. The number of ether oxygens (including phenoxy) is 1. The van der Waals surface area contributed by atoms with Gasteiger partial charge >= 0.3 is 5.97 Å². The van der Waals surface area contributed by atoms with Crippen LogP contribution >= 0.6 is 0 Å². The maximum Gasteiger partial charge on any atom is 0.338 e. The highest BCUT2D eigenvalue weighted by Crippen LogP contribution is 2.17. The lowest BCUT2D eigenvalue weighted by Gasteiger charge is -2.05. The van der Waals surface area contributed by atoms with Crippen LogP contribution < -0.4 is 0 Å². The molecule has 108 valence electrons. The van der Waals surface area contributed by atoms with E-state index in [1.54, 1.807) is 6.07 Å². The van der Waals surface area contributed by atoms with Gasteiger partial charge in [0.25, 0.3) is 0 Å². The van der Waals surface area contributed by atoms with Gasteiger partial charge in [0.1, 0.15) is 6.61 Å². The summed E-state index contributed by atoms with van der Waals surface area (Å²) in [5.41, 5.74) is 3.49. The summed E-state index contributed by atoms with van der Waals surface area (Å²) in [4.78, 5) is 18.4. The van der Waals surface area contributed by atoms with Crippen molar-refractivity contribution in [2.45, 2.75) is 6.61 Å². The number of esters is 1. The number of carbonyl (C=O) groups excluding carboxylic acids is 1.